The normalized spacial score (nSPS) is 11.0. The van der Waals surface area contributed by atoms with Crippen LogP contribution in [0.1, 0.15) is 38.0 Å². The Labute approximate surface area is 129 Å². The van der Waals surface area contributed by atoms with Gasteiger partial charge in [-0.05, 0) is 38.7 Å². The number of aliphatic hydroxyl groups excluding tert-OH is 1. The maximum absolute atomic E-state index is 8.80. The van der Waals surface area contributed by atoms with Gasteiger partial charge in [-0.2, -0.15) is 4.98 Å². The van der Waals surface area contributed by atoms with Crippen LogP contribution in [-0.2, 0) is 6.42 Å². The molecule has 116 valence electrons. The number of unbranched alkanes of at least 4 members (excludes halogenated alkanes) is 2. The van der Waals surface area contributed by atoms with Crippen LogP contribution in [0.5, 0.6) is 0 Å². The van der Waals surface area contributed by atoms with Crippen LogP contribution in [0.4, 0.5) is 11.8 Å². The molecule has 2 aromatic heterocycles. The second-order valence-electron chi connectivity index (χ2n) is 4.92. The molecule has 0 aromatic carbocycles. The molecule has 0 unspecified atom stereocenters. The molecule has 0 bridgehead atoms. The van der Waals surface area contributed by atoms with E-state index in [0.29, 0.717) is 5.95 Å². The molecule has 0 spiro atoms. The highest BCUT2D eigenvalue weighted by Crippen LogP contribution is 2.30. The summed E-state index contributed by atoms with van der Waals surface area (Å²) in [6, 6.07) is 2.19. The summed E-state index contributed by atoms with van der Waals surface area (Å²) in [5.41, 5.74) is 0. The number of nitrogens with zero attached hydrogens (tertiary/aromatic N) is 2. The molecule has 2 rings (SSSR count). The summed E-state index contributed by atoms with van der Waals surface area (Å²) in [5, 5.41) is 16.5. The third-order valence-corrected chi connectivity index (χ3v) is 4.43. The van der Waals surface area contributed by atoms with E-state index in [4.69, 9.17) is 5.11 Å². The van der Waals surface area contributed by atoms with E-state index < -0.39 is 0 Å². The zero-order valence-corrected chi connectivity index (χ0v) is 13.6. The van der Waals surface area contributed by atoms with Crippen molar-refractivity contribution in [1.82, 2.24) is 9.97 Å². The van der Waals surface area contributed by atoms with Gasteiger partial charge in [-0.25, -0.2) is 4.98 Å². The minimum atomic E-state index is 0.271. The molecule has 0 radical (unpaired) electrons. The van der Waals surface area contributed by atoms with Crippen LogP contribution in [0.25, 0.3) is 10.2 Å². The number of anilines is 2. The molecule has 2 heterocycles. The van der Waals surface area contributed by atoms with E-state index in [-0.39, 0.29) is 6.61 Å². The second kappa shape index (κ2) is 8.14. The van der Waals surface area contributed by atoms with Crippen LogP contribution in [0.3, 0.4) is 0 Å². The van der Waals surface area contributed by atoms with E-state index in [9.17, 15) is 0 Å². The van der Waals surface area contributed by atoms with Gasteiger partial charge in [-0.1, -0.05) is 6.92 Å². The summed E-state index contributed by atoms with van der Waals surface area (Å²) in [6.07, 6.45) is 3.95. The SMILES string of the molecule is CCNc1nc(NCCCCCO)c2cc(CC)sc2n1. The monoisotopic (exact) mass is 308 g/mol. The summed E-state index contributed by atoms with van der Waals surface area (Å²) < 4.78 is 0. The number of nitrogens with one attached hydrogen (secondary N) is 2. The minimum absolute atomic E-state index is 0.271. The fourth-order valence-electron chi connectivity index (χ4n) is 2.14. The van der Waals surface area contributed by atoms with Crippen molar-refractivity contribution in [3.63, 3.8) is 0 Å². The predicted molar refractivity (Wildman–Crippen MR) is 90.4 cm³/mol. The summed E-state index contributed by atoms with van der Waals surface area (Å²) in [6.45, 7) is 6.15. The number of hydrogen-bond donors (Lipinski definition) is 3. The summed E-state index contributed by atoms with van der Waals surface area (Å²) in [5.74, 6) is 1.60. The maximum atomic E-state index is 8.80. The Hall–Kier alpha value is -1.40. The number of aliphatic hydroxyl groups is 1. The number of thiophene rings is 1. The van der Waals surface area contributed by atoms with Crippen molar-refractivity contribution in [3.8, 4) is 0 Å². The Kier molecular flexibility index (Phi) is 6.20. The molecule has 0 saturated heterocycles. The first-order valence-corrected chi connectivity index (χ1v) is 8.49. The van der Waals surface area contributed by atoms with Crippen molar-refractivity contribution in [2.45, 2.75) is 39.5 Å². The Morgan fingerprint density at radius 1 is 1.14 bits per heavy atom. The third-order valence-electron chi connectivity index (χ3n) is 3.25. The van der Waals surface area contributed by atoms with Crippen molar-refractivity contribution in [3.05, 3.63) is 10.9 Å². The molecule has 2 aromatic rings. The Morgan fingerprint density at radius 3 is 2.71 bits per heavy atom. The predicted octanol–water partition coefficient (Wildman–Crippen LogP) is 3.26. The maximum Gasteiger partial charge on any atom is 0.226 e. The molecule has 3 N–H and O–H groups in total. The Bertz CT molecular complexity index is 570. The van der Waals surface area contributed by atoms with Crippen LogP contribution in [0, 0.1) is 0 Å². The van der Waals surface area contributed by atoms with Crippen LogP contribution < -0.4 is 10.6 Å². The molecule has 0 atom stereocenters. The highest BCUT2D eigenvalue weighted by molar-refractivity contribution is 7.18. The molecule has 0 aliphatic heterocycles. The van der Waals surface area contributed by atoms with E-state index in [0.717, 1.165) is 54.8 Å². The van der Waals surface area contributed by atoms with Crippen LogP contribution >= 0.6 is 11.3 Å². The van der Waals surface area contributed by atoms with Gasteiger partial charge in [0.25, 0.3) is 0 Å². The van der Waals surface area contributed by atoms with E-state index in [2.05, 4.69) is 33.6 Å². The lowest BCUT2D eigenvalue weighted by Gasteiger charge is -2.09. The van der Waals surface area contributed by atoms with Crippen molar-refractivity contribution >= 4 is 33.3 Å². The van der Waals surface area contributed by atoms with Gasteiger partial charge in [-0.15, -0.1) is 11.3 Å². The van der Waals surface area contributed by atoms with Gasteiger partial charge in [0, 0.05) is 24.6 Å². The average Bonchev–Trinajstić information content (AvgIpc) is 2.90. The first-order valence-electron chi connectivity index (χ1n) is 7.67. The van der Waals surface area contributed by atoms with Crippen molar-refractivity contribution in [1.29, 1.82) is 0 Å². The molecular weight excluding hydrogens is 284 g/mol. The first-order chi connectivity index (χ1) is 10.3. The van der Waals surface area contributed by atoms with Gasteiger partial charge in [-0.3, -0.25) is 0 Å². The second-order valence-corrected chi connectivity index (χ2v) is 6.04. The minimum Gasteiger partial charge on any atom is -0.396 e. The first kappa shape index (κ1) is 16.0. The number of rotatable bonds is 9. The molecule has 0 fully saturated rings. The number of fused-ring (bicyclic) bond motifs is 1. The molecule has 5 nitrogen and oxygen atoms in total. The smallest absolute Gasteiger partial charge is 0.226 e. The summed E-state index contributed by atoms with van der Waals surface area (Å²) in [7, 11) is 0. The average molecular weight is 308 g/mol. The van der Waals surface area contributed by atoms with Gasteiger partial charge in [0.2, 0.25) is 5.95 Å². The summed E-state index contributed by atoms with van der Waals surface area (Å²) in [4.78, 5) is 11.5. The Morgan fingerprint density at radius 2 is 2.00 bits per heavy atom. The van der Waals surface area contributed by atoms with Gasteiger partial charge in [0.15, 0.2) is 0 Å². The Balaban J connectivity index is 2.15. The zero-order chi connectivity index (χ0) is 15.1. The fraction of sp³-hybridized carbons (Fsp3) is 0.600. The van der Waals surface area contributed by atoms with E-state index in [1.165, 1.54) is 4.88 Å². The number of aromatic nitrogens is 2. The molecule has 6 heteroatoms. The van der Waals surface area contributed by atoms with Crippen molar-refractivity contribution in [2.24, 2.45) is 0 Å². The van der Waals surface area contributed by atoms with Crippen molar-refractivity contribution < 1.29 is 5.11 Å². The molecule has 0 aliphatic rings. The molecule has 0 aliphatic carbocycles. The lowest BCUT2D eigenvalue weighted by atomic mass is 10.2. The van der Waals surface area contributed by atoms with Gasteiger partial charge < -0.3 is 15.7 Å². The standard InChI is InChI=1S/C15H24N4OS/c1-3-11-10-12-13(17-8-6-5-7-9-20)18-15(16-4-2)19-14(12)21-11/h10,20H,3-9H2,1-2H3,(H2,16,17,18,19). The van der Waals surface area contributed by atoms with Crippen LogP contribution in [-0.4, -0.2) is 34.8 Å². The van der Waals surface area contributed by atoms with E-state index >= 15 is 0 Å². The molecule has 0 saturated carbocycles. The van der Waals surface area contributed by atoms with Gasteiger partial charge in [0.05, 0.1) is 5.39 Å². The van der Waals surface area contributed by atoms with Crippen molar-refractivity contribution in [2.75, 3.05) is 30.3 Å². The van der Waals surface area contributed by atoms with E-state index in [1.807, 2.05) is 6.92 Å². The molecular formula is C15H24N4OS. The largest absolute Gasteiger partial charge is 0.396 e. The van der Waals surface area contributed by atoms with Gasteiger partial charge >= 0.3 is 0 Å². The highest BCUT2D eigenvalue weighted by atomic mass is 32.1. The van der Waals surface area contributed by atoms with E-state index in [1.54, 1.807) is 11.3 Å². The lowest BCUT2D eigenvalue weighted by Crippen LogP contribution is -2.08. The quantitative estimate of drug-likeness (QED) is 0.620. The summed E-state index contributed by atoms with van der Waals surface area (Å²) >= 11 is 1.73. The molecule has 0 amide bonds. The fourth-order valence-corrected chi connectivity index (χ4v) is 3.11. The van der Waals surface area contributed by atoms with Crippen LogP contribution in [0.15, 0.2) is 6.07 Å². The third kappa shape index (κ3) is 4.28. The molecule has 21 heavy (non-hydrogen) atoms. The zero-order valence-electron chi connectivity index (χ0n) is 12.8. The number of aryl methyl sites for hydroxylation is 1. The number of hydrogen-bond acceptors (Lipinski definition) is 6. The van der Waals surface area contributed by atoms with Crippen LogP contribution in [0.2, 0.25) is 0 Å². The lowest BCUT2D eigenvalue weighted by molar-refractivity contribution is 0.283. The topological polar surface area (TPSA) is 70.1 Å². The van der Waals surface area contributed by atoms with Gasteiger partial charge in [0.1, 0.15) is 10.6 Å². The highest BCUT2D eigenvalue weighted by Gasteiger charge is 2.10.